The summed E-state index contributed by atoms with van der Waals surface area (Å²) in [6.45, 7) is 1.57. The van der Waals surface area contributed by atoms with Gasteiger partial charge in [0.05, 0.1) is 5.57 Å². The van der Waals surface area contributed by atoms with Crippen LogP contribution in [0.25, 0.3) is 5.76 Å². The number of para-hydroxylation sites is 1. The van der Waals surface area contributed by atoms with E-state index in [-0.39, 0.29) is 16.9 Å². The number of Topliss-reactive ketones (excluding diaryl/α,β-unsaturated/α-hetero) is 1. The molecule has 2 heterocycles. The number of aliphatic hydroxyl groups excluding tert-OH is 1. The van der Waals surface area contributed by atoms with E-state index in [0.717, 1.165) is 0 Å². The van der Waals surface area contributed by atoms with Gasteiger partial charge in [-0.3, -0.25) is 14.5 Å². The van der Waals surface area contributed by atoms with Gasteiger partial charge in [0.1, 0.15) is 29.1 Å². The van der Waals surface area contributed by atoms with Gasteiger partial charge >= 0.3 is 0 Å². The van der Waals surface area contributed by atoms with Gasteiger partial charge in [-0.15, -0.1) is 11.3 Å². The second kappa shape index (κ2) is 9.19. The first-order valence-electron chi connectivity index (χ1n) is 10.9. The fourth-order valence-corrected chi connectivity index (χ4v) is 4.89. The summed E-state index contributed by atoms with van der Waals surface area (Å²) >= 11 is 1.37. The molecule has 0 spiro atoms. The highest BCUT2D eigenvalue weighted by molar-refractivity contribution is 7.10. The van der Waals surface area contributed by atoms with Gasteiger partial charge in [-0.25, -0.2) is 4.39 Å². The van der Waals surface area contributed by atoms with Gasteiger partial charge in [-0.05, 0) is 78.5 Å². The van der Waals surface area contributed by atoms with E-state index < -0.39 is 23.5 Å². The molecule has 1 aliphatic heterocycles. The molecule has 4 aromatic rings. The molecule has 7 heteroatoms. The third kappa shape index (κ3) is 4.22. The Kier molecular flexibility index (Phi) is 5.93. The number of carbonyl (C=O) groups excluding carboxylic acids is 2. The second-order valence-electron chi connectivity index (χ2n) is 8.06. The maximum atomic E-state index is 13.8. The number of aliphatic hydroxyl groups is 1. The summed E-state index contributed by atoms with van der Waals surface area (Å²) in [6, 6.07) is 23.0. The molecule has 174 valence electrons. The van der Waals surface area contributed by atoms with Crippen molar-refractivity contribution in [2.45, 2.75) is 13.0 Å². The standard InChI is InChI=1S/C28H20FNO4S/c1-17-16-18(9-14-22(17)29)26(31)24-25(23-8-5-15-35-23)30(28(33)27(24)32)19-10-12-21(13-11-19)34-20-6-3-2-4-7-20/h2-16,25,31H,1H3/b26-24-. The van der Waals surface area contributed by atoms with Crippen LogP contribution in [0.15, 0.2) is 95.9 Å². The zero-order chi connectivity index (χ0) is 24.5. The summed E-state index contributed by atoms with van der Waals surface area (Å²) in [5.41, 5.74) is 1.05. The van der Waals surface area contributed by atoms with E-state index in [2.05, 4.69) is 0 Å². The van der Waals surface area contributed by atoms with Crippen molar-refractivity contribution in [3.8, 4) is 11.5 Å². The Hall–Kier alpha value is -4.23. The van der Waals surface area contributed by atoms with Crippen LogP contribution in [-0.4, -0.2) is 16.8 Å². The van der Waals surface area contributed by atoms with Crippen LogP contribution in [0.2, 0.25) is 0 Å². The zero-order valence-electron chi connectivity index (χ0n) is 18.6. The SMILES string of the molecule is Cc1cc(/C(O)=C2/C(=O)C(=O)N(c3ccc(Oc4ccccc4)cc3)C2c2cccs2)ccc1F. The number of benzene rings is 3. The van der Waals surface area contributed by atoms with Crippen molar-refractivity contribution in [3.05, 3.63) is 118 Å². The van der Waals surface area contributed by atoms with Crippen LogP contribution in [0.4, 0.5) is 10.1 Å². The molecule has 0 bridgehead atoms. The average Bonchev–Trinajstić information content (AvgIpc) is 3.49. The lowest BCUT2D eigenvalue weighted by Gasteiger charge is -2.24. The number of ether oxygens (including phenoxy) is 1. The van der Waals surface area contributed by atoms with Crippen LogP contribution < -0.4 is 9.64 Å². The number of ketones is 1. The largest absolute Gasteiger partial charge is 0.507 e. The molecule has 35 heavy (non-hydrogen) atoms. The zero-order valence-corrected chi connectivity index (χ0v) is 19.5. The van der Waals surface area contributed by atoms with Gasteiger partial charge in [0.25, 0.3) is 11.7 Å². The maximum absolute atomic E-state index is 13.8. The minimum Gasteiger partial charge on any atom is -0.507 e. The molecule has 0 aliphatic carbocycles. The van der Waals surface area contributed by atoms with Crippen molar-refractivity contribution >= 4 is 34.5 Å². The quantitative estimate of drug-likeness (QED) is 0.196. The normalized spacial score (nSPS) is 17.1. The number of halogens is 1. The highest BCUT2D eigenvalue weighted by Crippen LogP contribution is 2.44. The summed E-state index contributed by atoms with van der Waals surface area (Å²) < 4.78 is 19.6. The number of aryl methyl sites for hydroxylation is 1. The van der Waals surface area contributed by atoms with Crippen molar-refractivity contribution in [2.75, 3.05) is 4.90 Å². The predicted molar refractivity (Wildman–Crippen MR) is 133 cm³/mol. The van der Waals surface area contributed by atoms with Gasteiger partial charge < -0.3 is 9.84 Å². The molecule has 5 nitrogen and oxygen atoms in total. The average molecular weight is 486 g/mol. The first-order valence-corrected chi connectivity index (χ1v) is 11.8. The van der Waals surface area contributed by atoms with E-state index >= 15 is 0 Å². The van der Waals surface area contributed by atoms with Crippen molar-refractivity contribution in [2.24, 2.45) is 0 Å². The summed E-state index contributed by atoms with van der Waals surface area (Å²) in [5, 5.41) is 12.9. The van der Waals surface area contributed by atoms with Gasteiger partial charge in [-0.1, -0.05) is 24.3 Å². The van der Waals surface area contributed by atoms with E-state index in [4.69, 9.17) is 4.74 Å². The molecule has 1 amide bonds. The highest BCUT2D eigenvalue weighted by atomic mass is 32.1. The van der Waals surface area contributed by atoms with E-state index in [1.165, 1.54) is 34.4 Å². The number of amides is 1. The van der Waals surface area contributed by atoms with Gasteiger partial charge in [-0.2, -0.15) is 0 Å². The minimum atomic E-state index is -0.818. The highest BCUT2D eigenvalue weighted by Gasteiger charge is 2.47. The lowest BCUT2D eigenvalue weighted by Crippen LogP contribution is -2.29. The Balaban J connectivity index is 1.56. The topological polar surface area (TPSA) is 66.8 Å². The third-order valence-corrected chi connectivity index (χ3v) is 6.71. The molecule has 1 unspecified atom stereocenters. The number of thiophene rings is 1. The summed E-state index contributed by atoms with van der Waals surface area (Å²) in [5.74, 6) is -1.06. The van der Waals surface area contributed by atoms with E-state index in [1.54, 1.807) is 31.2 Å². The third-order valence-electron chi connectivity index (χ3n) is 5.78. The fourth-order valence-electron chi connectivity index (χ4n) is 4.06. The number of rotatable bonds is 5. The van der Waals surface area contributed by atoms with E-state index in [9.17, 15) is 19.1 Å². The van der Waals surface area contributed by atoms with Gasteiger partial charge in [0.2, 0.25) is 0 Å². The monoisotopic (exact) mass is 485 g/mol. The van der Waals surface area contributed by atoms with Crippen LogP contribution >= 0.6 is 11.3 Å². The Morgan fingerprint density at radius 3 is 2.31 bits per heavy atom. The Morgan fingerprint density at radius 2 is 1.66 bits per heavy atom. The molecule has 0 radical (unpaired) electrons. The molecule has 3 aromatic carbocycles. The number of nitrogens with zero attached hydrogens (tertiary/aromatic N) is 1. The first-order chi connectivity index (χ1) is 16.9. The summed E-state index contributed by atoms with van der Waals surface area (Å²) in [6.07, 6.45) is 0. The number of anilines is 1. The molecule has 1 N–H and O–H groups in total. The van der Waals surface area contributed by atoms with Crippen LogP contribution in [0.1, 0.15) is 22.0 Å². The molecule has 0 saturated carbocycles. The maximum Gasteiger partial charge on any atom is 0.300 e. The van der Waals surface area contributed by atoms with E-state index in [0.29, 0.717) is 27.6 Å². The Morgan fingerprint density at radius 1 is 0.943 bits per heavy atom. The van der Waals surface area contributed by atoms with Crippen LogP contribution in [0.5, 0.6) is 11.5 Å². The van der Waals surface area contributed by atoms with Crippen molar-refractivity contribution in [3.63, 3.8) is 0 Å². The molecule has 1 fully saturated rings. The molecular formula is C28H20FNO4S. The predicted octanol–water partition coefficient (Wildman–Crippen LogP) is 6.61. The van der Waals surface area contributed by atoms with Crippen LogP contribution in [0.3, 0.4) is 0 Å². The molecule has 5 rings (SSSR count). The molecule has 1 saturated heterocycles. The van der Waals surface area contributed by atoms with Crippen LogP contribution in [0, 0.1) is 12.7 Å². The molecule has 1 aromatic heterocycles. The minimum absolute atomic E-state index is 0.0342. The number of hydrogen-bond acceptors (Lipinski definition) is 5. The second-order valence-corrected chi connectivity index (χ2v) is 9.04. The molecule has 1 aliphatic rings. The summed E-state index contributed by atoms with van der Waals surface area (Å²) in [4.78, 5) is 28.5. The fraction of sp³-hybridized carbons (Fsp3) is 0.0714. The summed E-state index contributed by atoms with van der Waals surface area (Å²) in [7, 11) is 0. The van der Waals surface area contributed by atoms with Gasteiger partial charge in [0.15, 0.2) is 0 Å². The number of hydrogen-bond donors (Lipinski definition) is 1. The lowest BCUT2D eigenvalue weighted by atomic mass is 9.99. The first kappa shape index (κ1) is 22.6. The van der Waals surface area contributed by atoms with Gasteiger partial charge in [0, 0.05) is 16.1 Å². The van der Waals surface area contributed by atoms with Crippen LogP contribution in [-0.2, 0) is 9.59 Å². The molecule has 1 atom stereocenters. The van der Waals surface area contributed by atoms with E-state index in [1.807, 2.05) is 47.8 Å². The van der Waals surface area contributed by atoms with Crippen molar-refractivity contribution < 1.29 is 23.8 Å². The van der Waals surface area contributed by atoms with Crippen molar-refractivity contribution in [1.82, 2.24) is 0 Å². The van der Waals surface area contributed by atoms with Crippen molar-refractivity contribution in [1.29, 1.82) is 0 Å². The lowest BCUT2D eigenvalue weighted by molar-refractivity contribution is -0.132. The Bertz CT molecular complexity index is 1430. The number of carbonyl (C=O) groups is 2. The Labute approximate surface area is 205 Å². The smallest absolute Gasteiger partial charge is 0.300 e. The molecular weight excluding hydrogens is 465 g/mol.